The highest BCUT2D eigenvalue weighted by Crippen LogP contribution is 2.11. The molecule has 0 aliphatic carbocycles. The largest absolute Gasteiger partial charge is 0.668 e. The minimum Gasteiger partial charge on any atom is -0.484 e. The van der Waals surface area contributed by atoms with Gasteiger partial charge in [0.25, 0.3) is 0 Å². The van der Waals surface area contributed by atoms with E-state index < -0.39 is 12.4 Å². The summed E-state index contributed by atoms with van der Waals surface area (Å²) in [6.07, 6.45) is 0.304. The fourth-order valence-electron chi connectivity index (χ4n) is 1.52. The number of Topliss-reactive ketones (excluding diaryl/α,β-unsaturated/α-hetero) is 1. The van der Waals surface area contributed by atoms with Gasteiger partial charge in [-0.3, -0.25) is 9.59 Å². The average molecular weight is 309 g/mol. The molecule has 1 aromatic rings. The van der Waals surface area contributed by atoms with Gasteiger partial charge in [-0.2, -0.15) is 0 Å². The summed E-state index contributed by atoms with van der Waals surface area (Å²) in [6.45, 7) is 7.41. The summed E-state index contributed by atoms with van der Waals surface area (Å²) in [4.78, 5) is 21.8. The maximum Gasteiger partial charge on any atom is 0.668 e. The smallest absolute Gasteiger partial charge is 0.484 e. The standard InChI is InChI=1S/C11H12O3.2C2H5O.Al/c1-2-8-5-3-4-6-9(8)10(12)7-11(13)14;2*1-2-3;/h3-6H,2,7H2,1H3,(H,13,14);2*2H2,1H3;/q;2*-1;+2. The molecule has 0 aliphatic heterocycles. The van der Waals surface area contributed by atoms with Gasteiger partial charge in [0.15, 0.2) is 5.78 Å². The van der Waals surface area contributed by atoms with Crippen LogP contribution in [0.25, 0.3) is 0 Å². The number of carboxylic acids is 1. The van der Waals surface area contributed by atoms with Gasteiger partial charge in [-0.15, -0.1) is 0 Å². The van der Waals surface area contributed by atoms with Crippen molar-refractivity contribution in [2.45, 2.75) is 33.6 Å². The lowest BCUT2D eigenvalue weighted by atomic mass is 10.0. The second-order valence-electron chi connectivity index (χ2n) is 4.01. The third-order valence-electron chi connectivity index (χ3n) is 2.48. The maximum absolute atomic E-state index is 11.5. The molecule has 0 atom stereocenters. The Labute approximate surface area is 132 Å². The summed E-state index contributed by atoms with van der Waals surface area (Å²) in [5, 5.41) is 8.49. The van der Waals surface area contributed by atoms with E-state index in [9.17, 15) is 9.59 Å². The van der Waals surface area contributed by atoms with E-state index in [-0.39, 0.29) is 21.7 Å². The van der Waals surface area contributed by atoms with Gasteiger partial charge >= 0.3 is 21.9 Å². The van der Waals surface area contributed by atoms with Crippen LogP contribution >= 0.6 is 0 Å². The maximum atomic E-state index is 11.5. The number of carbonyl (C=O) groups excluding carboxylic acids is 1. The van der Waals surface area contributed by atoms with Crippen LogP contribution in [0.1, 0.15) is 43.1 Å². The molecule has 6 heteroatoms. The van der Waals surface area contributed by atoms with Crippen LogP contribution in [0, 0.1) is 0 Å². The molecule has 0 fully saturated rings. The van der Waals surface area contributed by atoms with Crippen LogP contribution in [0.2, 0.25) is 0 Å². The summed E-state index contributed by atoms with van der Waals surface area (Å²) in [5.41, 5.74) is 1.43. The van der Waals surface area contributed by atoms with Gasteiger partial charge in [-0.25, -0.2) is 0 Å². The molecule has 0 saturated carbocycles. The zero-order chi connectivity index (χ0) is 16.1. The van der Waals surface area contributed by atoms with Crippen LogP contribution in [0.5, 0.6) is 0 Å². The molecule has 1 rings (SSSR count). The third-order valence-corrected chi connectivity index (χ3v) is 3.42. The quantitative estimate of drug-likeness (QED) is 0.346. The van der Waals surface area contributed by atoms with Gasteiger partial charge in [0.1, 0.15) is 6.42 Å². The Kier molecular flexibility index (Phi) is 11.8. The van der Waals surface area contributed by atoms with Crippen LogP contribution in [0.15, 0.2) is 24.3 Å². The topological polar surface area (TPSA) is 72.8 Å². The molecule has 0 amide bonds. The van der Waals surface area contributed by atoms with Crippen LogP contribution in [0.3, 0.4) is 0 Å². The molecule has 0 spiro atoms. The molecule has 0 saturated heterocycles. The van der Waals surface area contributed by atoms with E-state index in [0.29, 0.717) is 5.56 Å². The zero-order valence-electron chi connectivity index (χ0n) is 12.8. The summed E-state index contributed by atoms with van der Waals surface area (Å²) in [5.74, 6) is -1.41. The van der Waals surface area contributed by atoms with Crippen molar-refractivity contribution in [2.24, 2.45) is 0 Å². The molecule has 0 unspecified atom stereocenters. The number of carboxylic acid groups (broad SMARTS) is 1. The molecule has 0 aromatic heterocycles. The number of hydrogen-bond acceptors (Lipinski definition) is 4. The van der Waals surface area contributed by atoms with Gasteiger partial charge in [-0.1, -0.05) is 31.2 Å². The number of hydrogen-bond donors (Lipinski definition) is 1. The SMILES string of the molecule is CC[O][Al][O]CC.CCc1ccccc1C(=O)CC(=O)O. The highest BCUT2D eigenvalue weighted by molar-refractivity contribution is 6.17. The van der Waals surface area contributed by atoms with E-state index in [1.165, 1.54) is 0 Å². The predicted octanol–water partition coefficient (Wildman–Crippen LogP) is 2.50. The second kappa shape index (κ2) is 12.5. The molecule has 1 N–H and O–H groups in total. The molecule has 1 radical (unpaired) electrons. The molecule has 1 aromatic carbocycles. The van der Waals surface area contributed by atoms with Crippen LogP contribution in [-0.4, -0.2) is 46.0 Å². The Balaban J connectivity index is 0.000000486. The van der Waals surface area contributed by atoms with Crippen LogP contribution in [0.4, 0.5) is 0 Å². The number of rotatable bonds is 8. The summed E-state index contributed by atoms with van der Waals surface area (Å²) < 4.78 is 9.87. The lowest BCUT2D eigenvalue weighted by molar-refractivity contribution is -0.135. The number of aliphatic carboxylic acids is 1. The van der Waals surface area contributed by atoms with Gasteiger partial charge in [0.2, 0.25) is 0 Å². The van der Waals surface area contributed by atoms with Crippen LogP contribution in [-0.2, 0) is 18.8 Å². The van der Waals surface area contributed by atoms with Gasteiger partial charge < -0.3 is 12.7 Å². The number of benzene rings is 1. The van der Waals surface area contributed by atoms with Gasteiger partial charge in [0, 0.05) is 18.8 Å². The van der Waals surface area contributed by atoms with Crippen molar-refractivity contribution >= 4 is 27.6 Å². The van der Waals surface area contributed by atoms with Crippen molar-refractivity contribution in [3.63, 3.8) is 0 Å². The minimum atomic E-state index is -1.08. The highest BCUT2D eigenvalue weighted by Gasteiger charge is 2.12. The first-order valence-electron chi connectivity index (χ1n) is 6.94. The fraction of sp³-hybridized carbons (Fsp3) is 0.467. The van der Waals surface area contributed by atoms with Crippen molar-refractivity contribution < 1.29 is 22.3 Å². The number of ketones is 1. The van der Waals surface area contributed by atoms with E-state index in [0.717, 1.165) is 25.2 Å². The Bertz CT molecular complexity index is 430. The Morgan fingerprint density at radius 2 is 1.67 bits per heavy atom. The van der Waals surface area contributed by atoms with Gasteiger partial charge in [0.05, 0.1) is 0 Å². The van der Waals surface area contributed by atoms with Crippen molar-refractivity contribution in [1.82, 2.24) is 0 Å². The lowest BCUT2D eigenvalue weighted by Gasteiger charge is -2.04. The zero-order valence-corrected chi connectivity index (χ0v) is 14.0. The Morgan fingerprint density at radius 3 is 2.14 bits per heavy atom. The second-order valence-corrected chi connectivity index (χ2v) is 4.87. The molecule has 21 heavy (non-hydrogen) atoms. The monoisotopic (exact) mass is 309 g/mol. The molecule has 115 valence electrons. The Hall–Kier alpha value is -1.19. The third kappa shape index (κ3) is 9.38. The molecular formula is C15H22AlO5. The van der Waals surface area contributed by atoms with Crippen molar-refractivity contribution in [2.75, 3.05) is 13.2 Å². The first-order chi connectivity index (χ1) is 10.1. The molecule has 0 bridgehead atoms. The average Bonchev–Trinajstić information content (AvgIpc) is 2.47. The van der Waals surface area contributed by atoms with Crippen molar-refractivity contribution in [3.8, 4) is 0 Å². The first-order valence-corrected chi connectivity index (χ1v) is 7.88. The number of aryl methyl sites for hydroxylation is 1. The molecule has 0 heterocycles. The van der Waals surface area contributed by atoms with E-state index in [4.69, 9.17) is 12.7 Å². The van der Waals surface area contributed by atoms with E-state index >= 15 is 0 Å². The van der Waals surface area contributed by atoms with Crippen molar-refractivity contribution in [3.05, 3.63) is 35.4 Å². The molecule has 0 aliphatic rings. The van der Waals surface area contributed by atoms with E-state index in [1.54, 1.807) is 12.1 Å². The van der Waals surface area contributed by atoms with Gasteiger partial charge in [-0.05, 0) is 25.8 Å². The van der Waals surface area contributed by atoms with Crippen molar-refractivity contribution in [1.29, 1.82) is 0 Å². The van der Waals surface area contributed by atoms with E-state index in [2.05, 4.69) is 0 Å². The normalized spacial score (nSPS) is 9.48. The summed E-state index contributed by atoms with van der Waals surface area (Å²) in [7, 11) is 0. The number of carbonyl (C=O) groups is 2. The first kappa shape index (κ1) is 19.8. The van der Waals surface area contributed by atoms with E-state index in [1.807, 2.05) is 32.9 Å². The van der Waals surface area contributed by atoms with Crippen LogP contribution < -0.4 is 0 Å². The summed E-state index contributed by atoms with van der Waals surface area (Å²) in [6, 6.07) is 7.10. The lowest BCUT2D eigenvalue weighted by Crippen LogP contribution is -2.09. The molecule has 5 nitrogen and oxygen atoms in total. The molecular weight excluding hydrogens is 287 g/mol. The highest BCUT2D eigenvalue weighted by atomic mass is 27.2. The fourth-order valence-corrected chi connectivity index (χ4v) is 1.89. The Morgan fingerprint density at radius 1 is 1.10 bits per heavy atom. The summed E-state index contributed by atoms with van der Waals surface area (Å²) >= 11 is -0.178. The predicted molar refractivity (Wildman–Crippen MR) is 81.4 cm³/mol. The minimum absolute atomic E-state index is 0.178.